The molecule has 0 aliphatic heterocycles. The fourth-order valence-electron chi connectivity index (χ4n) is 2.70. The highest BCUT2D eigenvalue weighted by atomic mass is 79.9. The molecule has 0 radical (unpaired) electrons. The third-order valence-electron chi connectivity index (χ3n) is 4.13. The van der Waals surface area contributed by atoms with Crippen molar-refractivity contribution in [2.45, 2.75) is 20.8 Å². The van der Waals surface area contributed by atoms with Crippen LogP contribution in [0.2, 0.25) is 0 Å². The van der Waals surface area contributed by atoms with E-state index < -0.39 is 0 Å². The van der Waals surface area contributed by atoms with Crippen LogP contribution in [0.5, 0.6) is 5.75 Å². The summed E-state index contributed by atoms with van der Waals surface area (Å²) in [6, 6.07) is 9.49. The topological polar surface area (TPSA) is 39.4 Å². The summed E-state index contributed by atoms with van der Waals surface area (Å²) in [5, 5.41) is 0.810. The van der Waals surface area contributed by atoms with Crippen LogP contribution in [-0.4, -0.2) is 12.9 Å². The number of ketones is 1. The van der Waals surface area contributed by atoms with Crippen molar-refractivity contribution in [3.05, 3.63) is 62.8 Å². The molecule has 118 valence electrons. The van der Waals surface area contributed by atoms with Crippen LogP contribution in [0, 0.1) is 20.8 Å². The second kappa shape index (κ2) is 5.85. The largest absolute Gasteiger partial charge is 0.496 e. The number of hydrogen-bond acceptors (Lipinski definition) is 3. The Balaban J connectivity index is 2.18. The van der Waals surface area contributed by atoms with Gasteiger partial charge in [-0.3, -0.25) is 4.79 Å². The number of fused-ring (bicyclic) bond motifs is 1. The van der Waals surface area contributed by atoms with Crippen LogP contribution in [0.25, 0.3) is 11.0 Å². The molecule has 0 aliphatic carbocycles. The molecule has 1 aromatic heterocycles. The van der Waals surface area contributed by atoms with Gasteiger partial charge in [0.15, 0.2) is 10.5 Å². The zero-order valence-electron chi connectivity index (χ0n) is 13.5. The second-order valence-corrected chi connectivity index (χ2v) is 6.42. The Labute approximate surface area is 143 Å². The fourth-order valence-corrected chi connectivity index (χ4v) is 3.27. The van der Waals surface area contributed by atoms with Crippen molar-refractivity contribution < 1.29 is 13.9 Å². The van der Waals surface area contributed by atoms with Crippen LogP contribution in [0.15, 0.2) is 39.4 Å². The molecule has 0 spiro atoms. The first-order valence-corrected chi connectivity index (χ1v) is 8.10. The second-order valence-electron chi connectivity index (χ2n) is 5.70. The standard InChI is InChI=1S/C19H17BrO3/c1-10-5-6-14-16(7-10)23-19(20)17(14)18(21)13-8-11(2)12(3)15(9-13)22-4/h5-9H,1-4H3. The summed E-state index contributed by atoms with van der Waals surface area (Å²) in [6.45, 7) is 5.94. The maximum Gasteiger partial charge on any atom is 0.198 e. The minimum Gasteiger partial charge on any atom is -0.496 e. The molecule has 2 aromatic carbocycles. The predicted octanol–water partition coefficient (Wildman–Crippen LogP) is 5.36. The number of furan rings is 1. The molecule has 23 heavy (non-hydrogen) atoms. The number of halogens is 1. The first-order valence-electron chi connectivity index (χ1n) is 7.31. The van der Waals surface area contributed by atoms with Gasteiger partial charge in [0, 0.05) is 10.9 Å². The maximum atomic E-state index is 13.0. The molecule has 0 bridgehead atoms. The molecule has 0 N–H and O–H groups in total. The third-order valence-corrected chi connectivity index (χ3v) is 4.69. The molecule has 0 fully saturated rings. The van der Waals surface area contributed by atoms with Gasteiger partial charge in [-0.1, -0.05) is 12.1 Å². The number of methoxy groups -OCH3 is 1. The molecule has 0 atom stereocenters. The normalized spacial score (nSPS) is 11.0. The number of hydrogen-bond donors (Lipinski definition) is 0. The van der Waals surface area contributed by atoms with E-state index in [2.05, 4.69) is 15.9 Å². The quantitative estimate of drug-likeness (QED) is 0.580. The summed E-state index contributed by atoms with van der Waals surface area (Å²) in [4.78, 5) is 13.0. The van der Waals surface area contributed by atoms with E-state index in [1.54, 1.807) is 13.2 Å². The summed E-state index contributed by atoms with van der Waals surface area (Å²) >= 11 is 3.38. The van der Waals surface area contributed by atoms with Gasteiger partial charge in [0.1, 0.15) is 11.3 Å². The minimum absolute atomic E-state index is 0.0825. The van der Waals surface area contributed by atoms with Gasteiger partial charge >= 0.3 is 0 Å². The lowest BCUT2D eigenvalue weighted by Crippen LogP contribution is -2.04. The Morgan fingerprint density at radius 1 is 1.13 bits per heavy atom. The molecule has 0 unspecified atom stereocenters. The fraction of sp³-hybridized carbons (Fsp3) is 0.211. The SMILES string of the molecule is COc1cc(C(=O)c2c(Br)oc3cc(C)ccc23)cc(C)c1C. The van der Waals surface area contributed by atoms with E-state index in [9.17, 15) is 4.79 Å². The average Bonchev–Trinajstić information content (AvgIpc) is 2.83. The molecule has 3 nitrogen and oxygen atoms in total. The minimum atomic E-state index is -0.0825. The number of aryl methyl sites for hydroxylation is 2. The molecule has 0 saturated carbocycles. The van der Waals surface area contributed by atoms with Crippen molar-refractivity contribution in [2.75, 3.05) is 7.11 Å². The lowest BCUT2D eigenvalue weighted by Gasteiger charge is -2.10. The highest BCUT2D eigenvalue weighted by Crippen LogP contribution is 2.34. The number of carbonyl (C=O) groups is 1. The van der Waals surface area contributed by atoms with E-state index in [-0.39, 0.29) is 5.78 Å². The van der Waals surface area contributed by atoms with Crippen molar-refractivity contribution in [3.63, 3.8) is 0 Å². The molecule has 0 saturated heterocycles. The number of ether oxygens (including phenoxy) is 1. The van der Waals surface area contributed by atoms with Crippen LogP contribution < -0.4 is 4.74 Å². The first kappa shape index (κ1) is 15.8. The summed E-state index contributed by atoms with van der Waals surface area (Å²) in [7, 11) is 1.61. The number of carbonyl (C=O) groups excluding carboxylic acids is 1. The van der Waals surface area contributed by atoms with Crippen LogP contribution in [0.3, 0.4) is 0 Å². The highest BCUT2D eigenvalue weighted by Gasteiger charge is 2.22. The van der Waals surface area contributed by atoms with Gasteiger partial charge in [0.25, 0.3) is 0 Å². The predicted molar refractivity (Wildman–Crippen MR) is 94.6 cm³/mol. The molecule has 1 heterocycles. The summed E-state index contributed by atoms with van der Waals surface area (Å²) in [5.41, 5.74) is 4.99. The highest BCUT2D eigenvalue weighted by molar-refractivity contribution is 9.10. The van der Waals surface area contributed by atoms with Crippen molar-refractivity contribution in [2.24, 2.45) is 0 Å². The Kier molecular flexibility index (Phi) is 4.02. The first-order chi connectivity index (χ1) is 10.9. The number of benzene rings is 2. The van der Waals surface area contributed by atoms with Crippen LogP contribution in [0.1, 0.15) is 32.6 Å². The van der Waals surface area contributed by atoms with Gasteiger partial charge in [0.2, 0.25) is 0 Å². The van der Waals surface area contributed by atoms with E-state index in [1.165, 1.54) is 0 Å². The summed E-state index contributed by atoms with van der Waals surface area (Å²) in [5.74, 6) is 0.633. The van der Waals surface area contributed by atoms with E-state index >= 15 is 0 Å². The van der Waals surface area contributed by atoms with Gasteiger partial charge < -0.3 is 9.15 Å². The van der Waals surface area contributed by atoms with Gasteiger partial charge in [0.05, 0.1) is 12.7 Å². The molecule has 4 heteroatoms. The van der Waals surface area contributed by atoms with E-state index in [1.807, 2.05) is 45.0 Å². The monoisotopic (exact) mass is 372 g/mol. The summed E-state index contributed by atoms with van der Waals surface area (Å²) in [6.07, 6.45) is 0. The lowest BCUT2D eigenvalue weighted by atomic mass is 9.98. The molecule has 0 aliphatic rings. The van der Waals surface area contributed by atoms with Gasteiger partial charge in [-0.15, -0.1) is 0 Å². The number of rotatable bonds is 3. The van der Waals surface area contributed by atoms with Crippen molar-refractivity contribution in [3.8, 4) is 5.75 Å². The van der Waals surface area contributed by atoms with E-state index in [4.69, 9.17) is 9.15 Å². The van der Waals surface area contributed by atoms with Crippen LogP contribution in [-0.2, 0) is 0 Å². The van der Waals surface area contributed by atoms with Crippen molar-refractivity contribution >= 4 is 32.7 Å². The average molecular weight is 373 g/mol. The Morgan fingerprint density at radius 3 is 2.57 bits per heavy atom. The Hall–Kier alpha value is -2.07. The molecule has 3 rings (SSSR count). The molecular weight excluding hydrogens is 356 g/mol. The van der Waals surface area contributed by atoms with Crippen LogP contribution >= 0.6 is 15.9 Å². The maximum absolute atomic E-state index is 13.0. The third kappa shape index (κ3) is 2.68. The van der Waals surface area contributed by atoms with E-state index in [0.717, 1.165) is 22.1 Å². The molecular formula is C19H17BrO3. The van der Waals surface area contributed by atoms with Crippen molar-refractivity contribution in [1.29, 1.82) is 0 Å². The van der Waals surface area contributed by atoms with Crippen molar-refractivity contribution in [1.82, 2.24) is 0 Å². The zero-order valence-corrected chi connectivity index (χ0v) is 15.1. The Morgan fingerprint density at radius 2 is 1.87 bits per heavy atom. The Bertz CT molecular complexity index is 922. The van der Waals surface area contributed by atoms with Gasteiger partial charge in [-0.2, -0.15) is 0 Å². The smallest absolute Gasteiger partial charge is 0.198 e. The molecule has 3 aromatic rings. The zero-order chi connectivity index (χ0) is 16.7. The molecule has 0 amide bonds. The van der Waals surface area contributed by atoms with E-state index in [0.29, 0.717) is 27.1 Å². The van der Waals surface area contributed by atoms with Gasteiger partial charge in [-0.25, -0.2) is 0 Å². The van der Waals surface area contributed by atoms with Gasteiger partial charge in [-0.05, 0) is 71.6 Å². The lowest BCUT2D eigenvalue weighted by molar-refractivity contribution is 0.103. The van der Waals surface area contributed by atoms with Crippen LogP contribution in [0.4, 0.5) is 0 Å². The summed E-state index contributed by atoms with van der Waals surface area (Å²) < 4.78 is 11.5.